The van der Waals surface area contributed by atoms with Gasteiger partial charge in [0.05, 0.1) is 5.69 Å². The average Bonchev–Trinajstić information content (AvgIpc) is 2.63. The Bertz CT molecular complexity index is 445. The van der Waals surface area contributed by atoms with E-state index in [-0.39, 0.29) is 18.2 Å². The summed E-state index contributed by atoms with van der Waals surface area (Å²) in [5, 5.41) is 9.13. The monoisotopic (exact) mass is 286 g/mol. The SMILES string of the molecule is Cc1cc(C)n(CCCNC(=O)NC(=O)CCCl)n1. The van der Waals surface area contributed by atoms with Crippen LogP contribution in [0.4, 0.5) is 4.79 Å². The van der Waals surface area contributed by atoms with Gasteiger partial charge in [0, 0.05) is 31.1 Å². The summed E-state index contributed by atoms with van der Waals surface area (Å²) in [4.78, 5) is 22.4. The predicted octanol–water partition coefficient (Wildman–Crippen LogP) is 1.34. The van der Waals surface area contributed by atoms with Gasteiger partial charge in [0.2, 0.25) is 5.91 Å². The van der Waals surface area contributed by atoms with Crippen molar-refractivity contribution < 1.29 is 9.59 Å². The zero-order chi connectivity index (χ0) is 14.3. The number of aryl methyl sites for hydroxylation is 3. The third-order valence-electron chi connectivity index (χ3n) is 2.51. The second-order valence-corrected chi connectivity index (χ2v) is 4.62. The fourth-order valence-electron chi connectivity index (χ4n) is 1.65. The van der Waals surface area contributed by atoms with Gasteiger partial charge in [-0.2, -0.15) is 5.10 Å². The van der Waals surface area contributed by atoms with E-state index in [1.807, 2.05) is 24.6 Å². The number of nitrogens with zero attached hydrogens (tertiary/aromatic N) is 2. The van der Waals surface area contributed by atoms with Gasteiger partial charge >= 0.3 is 6.03 Å². The van der Waals surface area contributed by atoms with Gasteiger partial charge in [-0.25, -0.2) is 4.79 Å². The molecule has 106 valence electrons. The highest BCUT2D eigenvalue weighted by atomic mass is 35.5. The number of imide groups is 1. The molecule has 1 aromatic heterocycles. The summed E-state index contributed by atoms with van der Waals surface area (Å²) in [5.41, 5.74) is 2.08. The number of carbonyl (C=O) groups excluding carboxylic acids is 2. The minimum atomic E-state index is -0.483. The van der Waals surface area contributed by atoms with Crippen LogP contribution in [0.25, 0.3) is 0 Å². The molecule has 1 aromatic rings. The molecule has 0 saturated carbocycles. The van der Waals surface area contributed by atoms with E-state index in [0.29, 0.717) is 6.54 Å². The highest BCUT2D eigenvalue weighted by Gasteiger charge is 2.06. The average molecular weight is 287 g/mol. The standard InChI is InChI=1S/C12H19ClN4O2/c1-9-8-10(2)17(16-9)7-3-6-14-12(19)15-11(18)4-5-13/h8H,3-7H2,1-2H3,(H2,14,15,18,19). The Morgan fingerprint density at radius 1 is 1.42 bits per heavy atom. The van der Waals surface area contributed by atoms with Crippen molar-refractivity contribution >= 4 is 23.5 Å². The second-order valence-electron chi connectivity index (χ2n) is 4.25. The summed E-state index contributed by atoms with van der Waals surface area (Å²) >= 11 is 5.39. The molecule has 1 rings (SSSR count). The summed E-state index contributed by atoms with van der Waals surface area (Å²) in [7, 11) is 0. The van der Waals surface area contributed by atoms with Crippen LogP contribution in [-0.4, -0.2) is 34.1 Å². The van der Waals surface area contributed by atoms with Gasteiger partial charge in [-0.05, 0) is 26.3 Å². The minimum absolute atomic E-state index is 0.140. The van der Waals surface area contributed by atoms with E-state index < -0.39 is 6.03 Å². The van der Waals surface area contributed by atoms with Gasteiger partial charge in [0.25, 0.3) is 0 Å². The Labute approximate surface area is 117 Å². The molecular formula is C12H19ClN4O2. The lowest BCUT2D eigenvalue weighted by molar-refractivity contribution is -0.119. The Morgan fingerprint density at radius 2 is 2.16 bits per heavy atom. The molecule has 0 fully saturated rings. The van der Waals surface area contributed by atoms with Crippen molar-refractivity contribution in [2.45, 2.75) is 33.2 Å². The Kier molecular flexibility index (Phi) is 6.35. The first-order valence-electron chi connectivity index (χ1n) is 6.17. The first-order chi connectivity index (χ1) is 9.02. The molecular weight excluding hydrogens is 268 g/mol. The Morgan fingerprint density at radius 3 is 2.74 bits per heavy atom. The molecule has 3 amide bonds. The lowest BCUT2D eigenvalue weighted by Gasteiger charge is -2.07. The summed E-state index contributed by atoms with van der Waals surface area (Å²) in [6, 6.07) is 1.52. The molecule has 0 unspecified atom stereocenters. The molecule has 0 aliphatic rings. The number of alkyl halides is 1. The topological polar surface area (TPSA) is 76.0 Å². The van der Waals surface area contributed by atoms with E-state index in [4.69, 9.17) is 11.6 Å². The molecule has 2 N–H and O–H groups in total. The van der Waals surface area contributed by atoms with Crippen molar-refractivity contribution in [1.29, 1.82) is 0 Å². The fraction of sp³-hybridized carbons (Fsp3) is 0.583. The first kappa shape index (κ1) is 15.5. The third-order valence-corrected chi connectivity index (χ3v) is 2.70. The molecule has 0 atom stereocenters. The summed E-state index contributed by atoms with van der Waals surface area (Å²) in [5.74, 6) is -0.164. The molecule has 0 bridgehead atoms. The molecule has 7 heteroatoms. The highest BCUT2D eigenvalue weighted by Crippen LogP contribution is 2.02. The van der Waals surface area contributed by atoms with Gasteiger partial charge < -0.3 is 5.32 Å². The molecule has 1 heterocycles. The Hall–Kier alpha value is -1.56. The van der Waals surface area contributed by atoms with Crippen LogP contribution in [0.5, 0.6) is 0 Å². The van der Waals surface area contributed by atoms with Gasteiger partial charge in [0.15, 0.2) is 0 Å². The summed E-state index contributed by atoms with van der Waals surface area (Å²) < 4.78 is 1.90. The predicted molar refractivity (Wildman–Crippen MR) is 73.2 cm³/mol. The van der Waals surface area contributed by atoms with E-state index >= 15 is 0 Å². The summed E-state index contributed by atoms with van der Waals surface area (Å²) in [6.07, 6.45) is 0.889. The van der Waals surface area contributed by atoms with Gasteiger partial charge in [-0.15, -0.1) is 11.6 Å². The fourth-order valence-corrected chi connectivity index (χ4v) is 1.82. The lowest BCUT2D eigenvalue weighted by Crippen LogP contribution is -2.40. The maximum Gasteiger partial charge on any atom is 0.321 e. The van der Waals surface area contributed by atoms with Crippen molar-refractivity contribution in [2.75, 3.05) is 12.4 Å². The van der Waals surface area contributed by atoms with E-state index in [2.05, 4.69) is 15.7 Å². The van der Waals surface area contributed by atoms with Crippen LogP contribution in [-0.2, 0) is 11.3 Å². The minimum Gasteiger partial charge on any atom is -0.338 e. The van der Waals surface area contributed by atoms with Gasteiger partial charge in [0.1, 0.15) is 0 Å². The van der Waals surface area contributed by atoms with Crippen LogP contribution in [0.15, 0.2) is 6.07 Å². The molecule has 0 aliphatic heterocycles. The zero-order valence-electron chi connectivity index (χ0n) is 11.2. The number of hydrogen-bond acceptors (Lipinski definition) is 3. The van der Waals surface area contributed by atoms with Crippen LogP contribution >= 0.6 is 11.6 Å². The second kappa shape index (κ2) is 7.78. The number of aromatic nitrogens is 2. The van der Waals surface area contributed by atoms with Crippen molar-refractivity contribution in [3.63, 3.8) is 0 Å². The number of amides is 3. The van der Waals surface area contributed by atoms with Crippen molar-refractivity contribution in [3.8, 4) is 0 Å². The van der Waals surface area contributed by atoms with Gasteiger partial charge in [-0.3, -0.25) is 14.8 Å². The molecule has 0 saturated heterocycles. The zero-order valence-corrected chi connectivity index (χ0v) is 12.0. The normalized spacial score (nSPS) is 10.3. The Balaban J connectivity index is 2.18. The number of carbonyl (C=O) groups is 2. The summed E-state index contributed by atoms with van der Waals surface area (Å²) in [6.45, 7) is 5.15. The molecule has 0 radical (unpaired) electrons. The van der Waals surface area contributed by atoms with E-state index in [1.54, 1.807) is 0 Å². The number of hydrogen-bond donors (Lipinski definition) is 2. The van der Waals surface area contributed by atoms with Crippen molar-refractivity contribution in [3.05, 3.63) is 17.5 Å². The largest absolute Gasteiger partial charge is 0.338 e. The number of urea groups is 1. The molecule has 0 aromatic carbocycles. The maximum atomic E-state index is 11.3. The van der Waals surface area contributed by atoms with Crippen LogP contribution in [0, 0.1) is 13.8 Å². The molecule has 0 aliphatic carbocycles. The highest BCUT2D eigenvalue weighted by molar-refractivity contribution is 6.19. The van der Waals surface area contributed by atoms with Gasteiger partial charge in [-0.1, -0.05) is 0 Å². The van der Waals surface area contributed by atoms with Crippen LogP contribution in [0.1, 0.15) is 24.2 Å². The molecule has 6 nitrogen and oxygen atoms in total. The van der Waals surface area contributed by atoms with Crippen LogP contribution in [0.3, 0.4) is 0 Å². The number of nitrogens with one attached hydrogen (secondary N) is 2. The van der Waals surface area contributed by atoms with Crippen molar-refractivity contribution in [1.82, 2.24) is 20.4 Å². The quantitative estimate of drug-likeness (QED) is 0.612. The number of halogens is 1. The first-order valence-corrected chi connectivity index (χ1v) is 6.71. The smallest absolute Gasteiger partial charge is 0.321 e. The third kappa shape index (κ3) is 5.74. The van der Waals surface area contributed by atoms with E-state index in [1.165, 1.54) is 0 Å². The lowest BCUT2D eigenvalue weighted by atomic mass is 10.4. The maximum absolute atomic E-state index is 11.3. The van der Waals surface area contributed by atoms with Crippen LogP contribution < -0.4 is 10.6 Å². The molecule has 19 heavy (non-hydrogen) atoms. The van der Waals surface area contributed by atoms with E-state index in [0.717, 1.165) is 24.4 Å². The van der Waals surface area contributed by atoms with Crippen molar-refractivity contribution in [2.24, 2.45) is 0 Å². The van der Waals surface area contributed by atoms with Crippen LogP contribution in [0.2, 0.25) is 0 Å². The van der Waals surface area contributed by atoms with E-state index in [9.17, 15) is 9.59 Å². The number of rotatable bonds is 6. The molecule has 0 spiro atoms.